The number of benzene rings is 2. The predicted molar refractivity (Wildman–Crippen MR) is 101 cm³/mol. The maximum Gasteiger partial charge on any atom is 0.330 e. The number of esters is 2. The molecule has 0 aromatic heterocycles. The van der Waals surface area contributed by atoms with Gasteiger partial charge in [0.05, 0.1) is 19.6 Å². The molecule has 7 heteroatoms. The van der Waals surface area contributed by atoms with Gasteiger partial charge in [-0.3, -0.25) is 14.5 Å². The molecule has 0 bridgehead atoms. The molecule has 5 rings (SSSR count). The highest BCUT2D eigenvalue weighted by molar-refractivity contribution is 6.21. The Morgan fingerprint density at radius 1 is 1.07 bits per heavy atom. The summed E-state index contributed by atoms with van der Waals surface area (Å²) in [4.78, 5) is 40.7. The van der Waals surface area contributed by atoms with Gasteiger partial charge in [0.2, 0.25) is 5.91 Å². The molecule has 0 unspecified atom stereocenters. The summed E-state index contributed by atoms with van der Waals surface area (Å²) in [5, 5.41) is 0. The Bertz CT molecular complexity index is 1020. The highest BCUT2D eigenvalue weighted by atomic mass is 16.6. The number of anilines is 1. The van der Waals surface area contributed by atoms with E-state index in [1.807, 2.05) is 30.3 Å². The Morgan fingerprint density at radius 3 is 2.38 bits per heavy atom. The van der Waals surface area contributed by atoms with E-state index in [0.717, 1.165) is 5.56 Å². The van der Waals surface area contributed by atoms with Gasteiger partial charge in [0, 0.05) is 5.69 Å². The van der Waals surface area contributed by atoms with Gasteiger partial charge in [0.1, 0.15) is 17.9 Å². The molecule has 2 saturated heterocycles. The predicted octanol–water partition coefficient (Wildman–Crippen LogP) is 2.26. The average molecular weight is 393 g/mol. The minimum absolute atomic E-state index is 0.230. The monoisotopic (exact) mass is 393 g/mol. The number of carbonyl (C=O) groups is 3. The van der Waals surface area contributed by atoms with Gasteiger partial charge in [0.15, 0.2) is 5.41 Å². The topological polar surface area (TPSA) is 82.1 Å². The van der Waals surface area contributed by atoms with Crippen molar-refractivity contribution in [2.24, 2.45) is 10.8 Å². The van der Waals surface area contributed by atoms with Crippen LogP contribution in [-0.4, -0.2) is 38.1 Å². The first-order chi connectivity index (χ1) is 14.0. The van der Waals surface area contributed by atoms with Crippen LogP contribution < -0.4 is 9.64 Å². The summed E-state index contributed by atoms with van der Waals surface area (Å²) < 4.78 is 16.0. The van der Waals surface area contributed by atoms with E-state index < -0.39 is 40.8 Å². The molecule has 1 spiro atoms. The zero-order chi connectivity index (χ0) is 20.4. The third kappa shape index (κ3) is 1.99. The van der Waals surface area contributed by atoms with Crippen LogP contribution >= 0.6 is 0 Å². The summed E-state index contributed by atoms with van der Waals surface area (Å²) in [6, 6.07) is 15.2. The van der Waals surface area contributed by atoms with Gasteiger partial charge in [-0.25, -0.2) is 4.79 Å². The van der Waals surface area contributed by atoms with Crippen molar-refractivity contribution in [1.29, 1.82) is 0 Å². The number of rotatable bonds is 4. The Kier molecular flexibility index (Phi) is 3.56. The standard InChI is InChI=1S/C22H19NO6/c1-27-15-10-8-14(9-11-15)23-16-18(24)29-17(13-6-4-3-5-7-13)21(16)12-22(21,19(23)25)20(26)28-2/h3-11,16-17H,12H2,1-2H3/t16-,17+,21-,22+/m0/s1. The van der Waals surface area contributed by atoms with Crippen LogP contribution in [-0.2, 0) is 23.9 Å². The zero-order valence-electron chi connectivity index (χ0n) is 16.0. The van der Waals surface area contributed by atoms with Crippen LogP contribution in [0.25, 0.3) is 0 Å². The van der Waals surface area contributed by atoms with Gasteiger partial charge >= 0.3 is 11.9 Å². The molecule has 2 aromatic rings. The number of cyclic esters (lactones) is 1. The second-order valence-electron chi connectivity index (χ2n) is 7.62. The van der Waals surface area contributed by atoms with Crippen LogP contribution in [0.3, 0.4) is 0 Å². The average Bonchev–Trinajstić information content (AvgIpc) is 3.30. The molecular formula is C22H19NO6. The van der Waals surface area contributed by atoms with Crippen LogP contribution in [0.2, 0.25) is 0 Å². The normalized spacial score (nSPS) is 31.7. The fourth-order valence-electron chi connectivity index (χ4n) is 5.14. The van der Waals surface area contributed by atoms with Crippen LogP contribution in [0.4, 0.5) is 5.69 Å². The van der Waals surface area contributed by atoms with E-state index in [2.05, 4.69) is 0 Å². The molecule has 1 saturated carbocycles. The van der Waals surface area contributed by atoms with Crippen LogP contribution in [0.1, 0.15) is 18.1 Å². The van der Waals surface area contributed by atoms with E-state index >= 15 is 0 Å². The number of carbonyl (C=O) groups excluding carboxylic acids is 3. The van der Waals surface area contributed by atoms with Gasteiger partial charge in [-0.1, -0.05) is 30.3 Å². The van der Waals surface area contributed by atoms with Crippen LogP contribution in [0, 0.1) is 10.8 Å². The largest absolute Gasteiger partial charge is 0.497 e. The molecule has 7 nitrogen and oxygen atoms in total. The first-order valence-electron chi connectivity index (χ1n) is 9.33. The Hall–Kier alpha value is -3.35. The van der Waals surface area contributed by atoms with Crippen molar-refractivity contribution in [3.05, 3.63) is 60.2 Å². The second kappa shape index (κ2) is 5.83. The molecule has 2 aromatic carbocycles. The summed E-state index contributed by atoms with van der Waals surface area (Å²) in [5.41, 5.74) is -1.12. The van der Waals surface area contributed by atoms with Crippen molar-refractivity contribution < 1.29 is 28.6 Å². The van der Waals surface area contributed by atoms with E-state index in [0.29, 0.717) is 11.4 Å². The highest BCUT2D eigenvalue weighted by Gasteiger charge is 2.93. The van der Waals surface area contributed by atoms with Crippen LogP contribution in [0.15, 0.2) is 54.6 Å². The SMILES string of the molecule is COC(=O)[C@]12C[C@]13[C@@H](c1ccccc1)OC(=O)[C@@H]3N(c1ccc(OC)cc1)C2=O. The maximum atomic E-state index is 13.5. The molecule has 4 atom stereocenters. The van der Waals surface area contributed by atoms with Gasteiger partial charge in [-0.15, -0.1) is 0 Å². The molecule has 2 aliphatic heterocycles. The van der Waals surface area contributed by atoms with Crippen molar-refractivity contribution in [1.82, 2.24) is 0 Å². The summed E-state index contributed by atoms with van der Waals surface area (Å²) in [6.45, 7) is 0. The summed E-state index contributed by atoms with van der Waals surface area (Å²) in [6.07, 6.45) is -0.457. The molecule has 29 heavy (non-hydrogen) atoms. The first-order valence-corrected chi connectivity index (χ1v) is 9.33. The molecule has 1 aliphatic carbocycles. The van der Waals surface area contributed by atoms with Gasteiger partial charge in [-0.2, -0.15) is 0 Å². The van der Waals surface area contributed by atoms with E-state index in [1.165, 1.54) is 12.0 Å². The first kappa shape index (κ1) is 17.7. The quantitative estimate of drug-likeness (QED) is 0.585. The molecule has 0 radical (unpaired) electrons. The van der Waals surface area contributed by atoms with E-state index in [4.69, 9.17) is 14.2 Å². The van der Waals surface area contributed by atoms with Crippen molar-refractivity contribution in [3.63, 3.8) is 0 Å². The van der Waals surface area contributed by atoms with Gasteiger partial charge in [-0.05, 0) is 36.2 Å². The van der Waals surface area contributed by atoms with E-state index in [-0.39, 0.29) is 6.42 Å². The third-order valence-corrected chi connectivity index (χ3v) is 6.47. The Balaban J connectivity index is 1.66. The summed E-state index contributed by atoms with van der Waals surface area (Å²) in [7, 11) is 2.81. The van der Waals surface area contributed by atoms with E-state index in [1.54, 1.807) is 31.4 Å². The third-order valence-electron chi connectivity index (χ3n) is 6.47. The van der Waals surface area contributed by atoms with Crippen molar-refractivity contribution in [2.75, 3.05) is 19.1 Å². The zero-order valence-corrected chi connectivity index (χ0v) is 16.0. The number of nitrogens with zero attached hydrogens (tertiary/aromatic N) is 1. The number of hydrogen-bond donors (Lipinski definition) is 0. The number of piperidine rings is 1. The van der Waals surface area contributed by atoms with Gasteiger partial charge in [0.25, 0.3) is 0 Å². The van der Waals surface area contributed by atoms with Crippen LogP contribution in [0.5, 0.6) is 5.75 Å². The van der Waals surface area contributed by atoms with E-state index in [9.17, 15) is 14.4 Å². The maximum absolute atomic E-state index is 13.5. The lowest BCUT2D eigenvalue weighted by Crippen LogP contribution is -2.43. The highest BCUT2D eigenvalue weighted by Crippen LogP contribution is 2.80. The fourth-order valence-corrected chi connectivity index (χ4v) is 5.14. The lowest BCUT2D eigenvalue weighted by molar-refractivity contribution is -0.154. The number of hydrogen-bond acceptors (Lipinski definition) is 6. The lowest BCUT2D eigenvalue weighted by Gasteiger charge is -2.25. The summed E-state index contributed by atoms with van der Waals surface area (Å²) in [5.74, 6) is -0.926. The minimum Gasteiger partial charge on any atom is -0.497 e. The minimum atomic E-state index is -1.42. The van der Waals surface area contributed by atoms with Crippen molar-refractivity contribution >= 4 is 23.5 Å². The molecule has 0 N–H and O–H groups in total. The smallest absolute Gasteiger partial charge is 0.330 e. The fraction of sp³-hybridized carbons (Fsp3) is 0.318. The Labute approximate surface area is 167 Å². The molecule has 1 amide bonds. The number of methoxy groups -OCH3 is 2. The molecule has 3 fully saturated rings. The van der Waals surface area contributed by atoms with Crippen molar-refractivity contribution in [3.8, 4) is 5.75 Å². The number of amides is 1. The van der Waals surface area contributed by atoms with Crippen molar-refractivity contribution in [2.45, 2.75) is 18.6 Å². The molecule has 3 aliphatic rings. The molecule has 2 heterocycles. The lowest BCUT2D eigenvalue weighted by atomic mass is 9.83. The number of ether oxygens (including phenoxy) is 3. The molecule has 148 valence electrons. The summed E-state index contributed by atoms with van der Waals surface area (Å²) >= 11 is 0. The molecular weight excluding hydrogens is 374 g/mol. The Morgan fingerprint density at radius 2 is 1.76 bits per heavy atom. The van der Waals surface area contributed by atoms with Gasteiger partial charge < -0.3 is 14.2 Å². The second-order valence-corrected chi connectivity index (χ2v) is 7.62.